The van der Waals surface area contributed by atoms with Crippen LogP contribution >= 0.6 is 35.0 Å². The molecule has 0 saturated heterocycles. The number of nitrogens with two attached hydrogens (primary N) is 1. The lowest BCUT2D eigenvalue weighted by molar-refractivity contribution is -0.138. The fraction of sp³-hybridized carbons (Fsp3) is 0.333. The molecule has 0 amide bonds. The Hall–Kier alpha value is -0.0100. The zero-order chi connectivity index (χ0) is 10.8. The lowest BCUT2D eigenvalue weighted by atomic mass is 10.1. The van der Waals surface area contributed by atoms with Crippen LogP contribution in [0.15, 0.2) is 24.3 Å². The van der Waals surface area contributed by atoms with E-state index in [-0.39, 0.29) is 12.4 Å². The molecule has 2 N–H and O–H groups in total. The molecule has 1 rings (SSSR count). The van der Waals surface area contributed by atoms with Crippen molar-refractivity contribution in [3.63, 3.8) is 0 Å². The summed E-state index contributed by atoms with van der Waals surface area (Å²) in [5, 5.41) is 0. The van der Waals surface area contributed by atoms with Gasteiger partial charge < -0.3 is 5.73 Å². The van der Waals surface area contributed by atoms with Crippen LogP contribution in [0, 0.1) is 3.57 Å². The average molecular weight is 352 g/mol. The molecule has 0 spiro atoms. The molecule has 1 aromatic rings. The van der Waals surface area contributed by atoms with E-state index in [4.69, 9.17) is 5.73 Å². The Kier molecular flexibility index (Phi) is 5.90. The number of hydrogen-bond donors (Lipinski definition) is 1. The van der Waals surface area contributed by atoms with Gasteiger partial charge in [0, 0.05) is 9.61 Å². The van der Waals surface area contributed by atoms with Gasteiger partial charge in [-0.15, -0.1) is 12.4 Å². The van der Waals surface area contributed by atoms with Crippen LogP contribution in [-0.2, 0) is 0 Å². The molecule has 15 heavy (non-hydrogen) atoms. The number of hydrogen-bond acceptors (Lipinski definition) is 1. The molecule has 0 aromatic heterocycles. The molecule has 0 saturated carbocycles. The molecular formula is C9H10ClF3IN. The minimum atomic E-state index is -4.21. The van der Waals surface area contributed by atoms with Gasteiger partial charge in [0.05, 0.1) is 6.42 Å². The van der Waals surface area contributed by atoms with Crippen molar-refractivity contribution in [2.45, 2.75) is 18.6 Å². The van der Waals surface area contributed by atoms with Crippen LogP contribution in [0.25, 0.3) is 0 Å². The maximum Gasteiger partial charge on any atom is 0.390 e. The normalized spacial score (nSPS) is 13.1. The van der Waals surface area contributed by atoms with Gasteiger partial charge in [-0.3, -0.25) is 0 Å². The zero-order valence-corrected chi connectivity index (χ0v) is 10.6. The summed E-state index contributed by atoms with van der Waals surface area (Å²) >= 11 is 2.04. The first-order chi connectivity index (χ1) is 6.38. The monoisotopic (exact) mass is 351 g/mol. The van der Waals surface area contributed by atoms with E-state index in [0.29, 0.717) is 5.56 Å². The van der Waals surface area contributed by atoms with Crippen molar-refractivity contribution < 1.29 is 13.2 Å². The number of benzene rings is 1. The Bertz CT molecular complexity index is 316. The minimum Gasteiger partial charge on any atom is -0.324 e. The third-order valence-electron chi connectivity index (χ3n) is 1.73. The summed E-state index contributed by atoms with van der Waals surface area (Å²) in [4.78, 5) is 0. The maximum absolute atomic E-state index is 12.0. The summed E-state index contributed by atoms with van der Waals surface area (Å²) in [6, 6.07) is 5.82. The predicted octanol–water partition coefficient (Wildman–Crippen LogP) is 3.67. The molecule has 0 aliphatic carbocycles. The third-order valence-corrected chi connectivity index (χ3v) is 2.40. The Morgan fingerprint density at radius 3 is 2.40 bits per heavy atom. The number of halogens is 5. The molecule has 0 bridgehead atoms. The van der Waals surface area contributed by atoms with Gasteiger partial charge in [0.25, 0.3) is 0 Å². The van der Waals surface area contributed by atoms with E-state index in [1.165, 1.54) is 0 Å². The summed E-state index contributed by atoms with van der Waals surface area (Å²) < 4.78 is 36.9. The zero-order valence-electron chi connectivity index (χ0n) is 7.59. The van der Waals surface area contributed by atoms with Crippen molar-refractivity contribution in [3.8, 4) is 0 Å². The molecule has 86 valence electrons. The first-order valence-corrected chi connectivity index (χ1v) is 5.04. The van der Waals surface area contributed by atoms with E-state index < -0.39 is 18.6 Å². The first kappa shape index (κ1) is 15.0. The van der Waals surface area contributed by atoms with Gasteiger partial charge in [-0.05, 0) is 40.3 Å². The highest BCUT2D eigenvalue weighted by Crippen LogP contribution is 2.28. The topological polar surface area (TPSA) is 26.0 Å². The van der Waals surface area contributed by atoms with Gasteiger partial charge >= 0.3 is 6.18 Å². The van der Waals surface area contributed by atoms with E-state index in [1.807, 2.05) is 28.7 Å². The highest BCUT2D eigenvalue weighted by molar-refractivity contribution is 14.1. The molecule has 1 aromatic carbocycles. The van der Waals surface area contributed by atoms with Gasteiger partial charge in [-0.1, -0.05) is 12.1 Å². The van der Waals surface area contributed by atoms with Crippen molar-refractivity contribution >= 4 is 35.0 Å². The van der Waals surface area contributed by atoms with E-state index in [0.717, 1.165) is 3.57 Å². The second-order valence-electron chi connectivity index (χ2n) is 2.98. The number of alkyl halides is 3. The van der Waals surface area contributed by atoms with Crippen LogP contribution in [0.2, 0.25) is 0 Å². The van der Waals surface area contributed by atoms with Crippen LogP contribution < -0.4 is 5.73 Å². The van der Waals surface area contributed by atoms with Crippen molar-refractivity contribution in [2.75, 3.05) is 0 Å². The average Bonchev–Trinajstić information content (AvgIpc) is 2.01. The largest absolute Gasteiger partial charge is 0.390 e. The van der Waals surface area contributed by atoms with Crippen LogP contribution in [0.4, 0.5) is 13.2 Å². The predicted molar refractivity (Wildman–Crippen MR) is 64.0 cm³/mol. The van der Waals surface area contributed by atoms with Gasteiger partial charge in [-0.2, -0.15) is 13.2 Å². The quantitative estimate of drug-likeness (QED) is 0.809. The van der Waals surface area contributed by atoms with Gasteiger partial charge in [0.15, 0.2) is 0 Å². The van der Waals surface area contributed by atoms with Gasteiger partial charge in [-0.25, -0.2) is 0 Å². The lowest BCUT2D eigenvalue weighted by Crippen LogP contribution is -2.20. The number of rotatable bonds is 2. The smallest absolute Gasteiger partial charge is 0.324 e. The van der Waals surface area contributed by atoms with Crippen molar-refractivity contribution in [1.82, 2.24) is 0 Å². The lowest BCUT2D eigenvalue weighted by Gasteiger charge is -2.14. The minimum absolute atomic E-state index is 0. The van der Waals surface area contributed by atoms with Gasteiger partial charge in [0.1, 0.15) is 0 Å². The molecule has 1 atom stereocenters. The van der Waals surface area contributed by atoms with E-state index in [1.54, 1.807) is 18.2 Å². The fourth-order valence-electron chi connectivity index (χ4n) is 1.10. The molecule has 6 heteroatoms. The standard InChI is InChI=1S/C9H9F3IN.ClH/c10-9(11,12)5-8(14)6-2-1-3-7(13)4-6;/h1-4,8H,5,14H2;1H/t8-;/m1./s1. The second-order valence-corrected chi connectivity index (χ2v) is 4.23. The third kappa shape index (κ3) is 5.58. The molecule has 0 aliphatic rings. The van der Waals surface area contributed by atoms with Crippen molar-refractivity contribution in [1.29, 1.82) is 0 Å². The Balaban J connectivity index is 0.00000196. The molecule has 0 unspecified atom stereocenters. The Labute approximate surface area is 106 Å². The highest BCUT2D eigenvalue weighted by Gasteiger charge is 2.30. The molecule has 0 radical (unpaired) electrons. The van der Waals surface area contributed by atoms with Crippen LogP contribution in [0.5, 0.6) is 0 Å². The second kappa shape index (κ2) is 5.91. The SMILES string of the molecule is Cl.N[C@H](CC(F)(F)F)c1cccc(I)c1. The molecular weight excluding hydrogens is 341 g/mol. The Morgan fingerprint density at radius 2 is 1.93 bits per heavy atom. The summed E-state index contributed by atoms with van der Waals surface area (Å²) in [7, 11) is 0. The molecule has 0 aliphatic heterocycles. The molecule has 0 heterocycles. The highest BCUT2D eigenvalue weighted by atomic mass is 127. The summed E-state index contributed by atoms with van der Waals surface area (Å²) in [6.07, 6.45) is -5.19. The first-order valence-electron chi connectivity index (χ1n) is 3.96. The van der Waals surface area contributed by atoms with E-state index in [9.17, 15) is 13.2 Å². The van der Waals surface area contributed by atoms with Gasteiger partial charge in [0.2, 0.25) is 0 Å². The van der Waals surface area contributed by atoms with E-state index in [2.05, 4.69) is 0 Å². The summed E-state index contributed by atoms with van der Waals surface area (Å²) in [5.74, 6) is 0. The van der Waals surface area contributed by atoms with Crippen molar-refractivity contribution in [3.05, 3.63) is 33.4 Å². The van der Waals surface area contributed by atoms with Crippen LogP contribution in [0.1, 0.15) is 18.0 Å². The van der Waals surface area contributed by atoms with E-state index >= 15 is 0 Å². The van der Waals surface area contributed by atoms with Crippen LogP contribution in [0.3, 0.4) is 0 Å². The van der Waals surface area contributed by atoms with Crippen molar-refractivity contribution in [2.24, 2.45) is 5.73 Å². The Morgan fingerprint density at radius 1 is 1.33 bits per heavy atom. The summed E-state index contributed by atoms with van der Waals surface area (Å²) in [6.45, 7) is 0. The molecule has 1 nitrogen and oxygen atoms in total. The fourth-order valence-corrected chi connectivity index (χ4v) is 1.67. The molecule has 0 fully saturated rings. The van der Waals surface area contributed by atoms with Crippen LogP contribution in [-0.4, -0.2) is 6.18 Å². The maximum atomic E-state index is 12.0. The summed E-state index contributed by atoms with van der Waals surface area (Å²) in [5.41, 5.74) is 5.95.